The quantitative estimate of drug-likeness (QED) is 0.847. The Bertz CT molecular complexity index is 671. The molecule has 1 atom stereocenters. The van der Waals surface area contributed by atoms with Gasteiger partial charge in [0.25, 0.3) is 0 Å². The van der Waals surface area contributed by atoms with Gasteiger partial charge in [0.15, 0.2) is 0 Å². The van der Waals surface area contributed by atoms with Gasteiger partial charge in [0.05, 0.1) is 6.42 Å². The number of hydrogen-bond donors (Lipinski definition) is 1. The van der Waals surface area contributed by atoms with Gasteiger partial charge in [-0.25, -0.2) is 0 Å². The Labute approximate surface area is 153 Å². The van der Waals surface area contributed by atoms with Crippen LogP contribution in [0.2, 0.25) is 0 Å². The van der Waals surface area contributed by atoms with E-state index in [1.54, 1.807) is 4.90 Å². The van der Waals surface area contributed by atoms with Crippen LogP contribution in [0.25, 0.3) is 0 Å². The summed E-state index contributed by atoms with van der Waals surface area (Å²) in [4.78, 5) is 38.8. The molecule has 2 aliphatic heterocycles. The number of nitrogens with zero attached hydrogens (tertiary/aromatic N) is 2. The third-order valence-corrected chi connectivity index (χ3v) is 5.31. The number of anilines is 1. The monoisotopic (exact) mass is 358 g/mol. The summed E-state index contributed by atoms with van der Waals surface area (Å²) >= 11 is 0. The second kappa shape index (κ2) is 8.34. The number of carbonyl (C=O) groups excluding carboxylic acids is 2. The Hall–Kier alpha value is -2.37. The minimum atomic E-state index is -0.773. The average molecular weight is 358 g/mol. The molecule has 0 spiro atoms. The normalized spacial score (nSPS) is 20.5. The first kappa shape index (κ1) is 18.4. The van der Waals surface area contributed by atoms with Crippen molar-refractivity contribution in [2.24, 2.45) is 5.92 Å². The first-order valence-corrected chi connectivity index (χ1v) is 9.42. The predicted octanol–water partition coefficient (Wildman–Crippen LogP) is 2.46. The molecule has 2 heterocycles. The van der Waals surface area contributed by atoms with Crippen LogP contribution in [0.3, 0.4) is 0 Å². The van der Waals surface area contributed by atoms with Gasteiger partial charge < -0.3 is 14.9 Å². The molecule has 2 aliphatic rings. The lowest BCUT2D eigenvalue weighted by Crippen LogP contribution is -2.40. The van der Waals surface area contributed by atoms with Crippen molar-refractivity contribution in [2.75, 3.05) is 24.5 Å². The minimum absolute atomic E-state index is 0.0926. The topological polar surface area (TPSA) is 77.9 Å². The molecular formula is C20H26N2O4. The standard InChI is InChI=1S/C20H26N2O4/c23-18-4-2-12-22(18)17-8-5-15(6-9-17)13-19(24)21-11-1-3-16(14-21)7-10-20(25)26/h5-6,8-9,16H,1-4,7,10-14H2,(H,25,26)/t16-/m0/s1. The largest absolute Gasteiger partial charge is 0.481 e. The first-order valence-electron chi connectivity index (χ1n) is 9.42. The zero-order valence-corrected chi connectivity index (χ0v) is 15.0. The molecule has 26 heavy (non-hydrogen) atoms. The molecule has 2 fully saturated rings. The Morgan fingerprint density at radius 3 is 2.54 bits per heavy atom. The van der Waals surface area contributed by atoms with Gasteiger partial charge in [-0.2, -0.15) is 0 Å². The number of rotatable bonds is 6. The molecular weight excluding hydrogens is 332 g/mol. The van der Waals surface area contributed by atoms with Gasteiger partial charge in [-0.3, -0.25) is 14.4 Å². The SMILES string of the molecule is O=C(O)CC[C@@H]1CCCN(C(=O)Cc2ccc(N3CCCC3=O)cc2)C1. The Morgan fingerprint density at radius 1 is 1.12 bits per heavy atom. The zero-order valence-electron chi connectivity index (χ0n) is 15.0. The van der Waals surface area contributed by atoms with Crippen LogP contribution in [0.5, 0.6) is 0 Å². The van der Waals surface area contributed by atoms with Crippen LogP contribution in [-0.2, 0) is 20.8 Å². The number of amides is 2. The lowest BCUT2D eigenvalue weighted by atomic mass is 9.93. The van der Waals surface area contributed by atoms with Crippen LogP contribution >= 0.6 is 0 Å². The van der Waals surface area contributed by atoms with Gasteiger partial charge in [0.2, 0.25) is 11.8 Å². The third kappa shape index (κ3) is 4.62. The maximum absolute atomic E-state index is 12.6. The summed E-state index contributed by atoms with van der Waals surface area (Å²) in [6.07, 6.45) is 4.60. The van der Waals surface area contributed by atoms with E-state index < -0.39 is 5.97 Å². The molecule has 0 bridgehead atoms. The van der Waals surface area contributed by atoms with Crippen molar-refractivity contribution in [1.29, 1.82) is 0 Å². The molecule has 6 nitrogen and oxygen atoms in total. The van der Waals surface area contributed by atoms with Crippen LogP contribution in [-0.4, -0.2) is 47.4 Å². The average Bonchev–Trinajstić information content (AvgIpc) is 3.07. The van der Waals surface area contributed by atoms with Crippen molar-refractivity contribution < 1.29 is 19.5 Å². The third-order valence-electron chi connectivity index (χ3n) is 5.31. The second-order valence-corrected chi connectivity index (χ2v) is 7.27. The number of carbonyl (C=O) groups is 3. The number of aliphatic carboxylic acids is 1. The van der Waals surface area contributed by atoms with Gasteiger partial charge >= 0.3 is 5.97 Å². The molecule has 0 aromatic heterocycles. The van der Waals surface area contributed by atoms with E-state index in [9.17, 15) is 14.4 Å². The molecule has 0 saturated carbocycles. The van der Waals surface area contributed by atoms with E-state index in [0.717, 1.165) is 43.6 Å². The molecule has 2 saturated heterocycles. The molecule has 0 aliphatic carbocycles. The van der Waals surface area contributed by atoms with E-state index in [4.69, 9.17) is 5.11 Å². The van der Waals surface area contributed by atoms with E-state index in [2.05, 4.69) is 0 Å². The lowest BCUT2D eigenvalue weighted by Gasteiger charge is -2.32. The number of hydrogen-bond acceptors (Lipinski definition) is 3. The van der Waals surface area contributed by atoms with E-state index in [1.807, 2.05) is 29.2 Å². The van der Waals surface area contributed by atoms with E-state index in [0.29, 0.717) is 25.8 Å². The summed E-state index contributed by atoms with van der Waals surface area (Å²) in [6, 6.07) is 7.67. The highest BCUT2D eigenvalue weighted by atomic mass is 16.4. The van der Waals surface area contributed by atoms with Crippen molar-refractivity contribution >= 4 is 23.5 Å². The summed E-state index contributed by atoms with van der Waals surface area (Å²) in [6.45, 7) is 2.18. The van der Waals surface area contributed by atoms with Crippen LogP contribution in [0.4, 0.5) is 5.69 Å². The Kier molecular flexibility index (Phi) is 5.91. The van der Waals surface area contributed by atoms with E-state index in [-0.39, 0.29) is 24.2 Å². The van der Waals surface area contributed by atoms with Crippen LogP contribution in [0.1, 0.15) is 44.1 Å². The van der Waals surface area contributed by atoms with Gasteiger partial charge in [-0.05, 0) is 49.3 Å². The van der Waals surface area contributed by atoms with Crippen LogP contribution < -0.4 is 4.90 Å². The summed E-state index contributed by atoms with van der Waals surface area (Å²) in [5, 5.41) is 8.83. The molecule has 1 N–H and O–H groups in total. The lowest BCUT2D eigenvalue weighted by molar-refractivity contribution is -0.137. The summed E-state index contributed by atoms with van der Waals surface area (Å²) < 4.78 is 0. The van der Waals surface area contributed by atoms with Crippen molar-refractivity contribution in [3.05, 3.63) is 29.8 Å². The Morgan fingerprint density at radius 2 is 1.88 bits per heavy atom. The Balaban J connectivity index is 1.54. The molecule has 1 aromatic carbocycles. The van der Waals surface area contributed by atoms with Crippen molar-refractivity contribution in [1.82, 2.24) is 4.90 Å². The zero-order chi connectivity index (χ0) is 18.5. The smallest absolute Gasteiger partial charge is 0.303 e. The molecule has 0 radical (unpaired) electrons. The molecule has 3 rings (SSSR count). The second-order valence-electron chi connectivity index (χ2n) is 7.27. The van der Waals surface area contributed by atoms with Gasteiger partial charge in [-0.1, -0.05) is 12.1 Å². The number of carboxylic acid groups (broad SMARTS) is 1. The van der Waals surface area contributed by atoms with Crippen molar-refractivity contribution in [3.8, 4) is 0 Å². The maximum Gasteiger partial charge on any atom is 0.303 e. The summed E-state index contributed by atoms with van der Waals surface area (Å²) in [5.74, 6) is -0.234. The van der Waals surface area contributed by atoms with Gasteiger partial charge in [-0.15, -0.1) is 0 Å². The highest BCUT2D eigenvalue weighted by molar-refractivity contribution is 5.95. The highest BCUT2D eigenvalue weighted by Gasteiger charge is 2.24. The summed E-state index contributed by atoms with van der Waals surface area (Å²) in [7, 11) is 0. The number of benzene rings is 1. The van der Waals surface area contributed by atoms with Crippen molar-refractivity contribution in [3.63, 3.8) is 0 Å². The minimum Gasteiger partial charge on any atom is -0.481 e. The fourth-order valence-electron chi connectivity index (χ4n) is 3.86. The van der Waals surface area contributed by atoms with Crippen LogP contribution in [0, 0.1) is 5.92 Å². The van der Waals surface area contributed by atoms with Crippen LogP contribution in [0.15, 0.2) is 24.3 Å². The number of likely N-dealkylation sites (tertiary alicyclic amines) is 1. The fourth-order valence-corrected chi connectivity index (χ4v) is 3.86. The molecule has 140 valence electrons. The maximum atomic E-state index is 12.6. The molecule has 1 aromatic rings. The molecule has 6 heteroatoms. The van der Waals surface area contributed by atoms with Crippen molar-refractivity contribution in [2.45, 2.75) is 44.9 Å². The molecule has 2 amide bonds. The first-order chi connectivity index (χ1) is 12.5. The number of piperidine rings is 1. The van der Waals surface area contributed by atoms with E-state index in [1.165, 1.54) is 0 Å². The van der Waals surface area contributed by atoms with Gasteiger partial charge in [0, 0.05) is 38.2 Å². The fraction of sp³-hybridized carbons (Fsp3) is 0.550. The van der Waals surface area contributed by atoms with Gasteiger partial charge in [0.1, 0.15) is 0 Å². The number of carboxylic acids is 1. The van der Waals surface area contributed by atoms with E-state index >= 15 is 0 Å². The predicted molar refractivity (Wildman–Crippen MR) is 97.9 cm³/mol. The highest BCUT2D eigenvalue weighted by Crippen LogP contribution is 2.24. The summed E-state index contributed by atoms with van der Waals surface area (Å²) in [5.41, 5.74) is 1.84. The molecule has 0 unspecified atom stereocenters.